The Morgan fingerprint density at radius 2 is 0.977 bits per heavy atom. The Bertz CT molecular complexity index is 1090. The molecule has 0 unspecified atom stereocenters. The Morgan fingerprint density at radius 3 is 1.55 bits per heavy atom. The summed E-state index contributed by atoms with van der Waals surface area (Å²) in [7, 11) is 0. The van der Waals surface area contributed by atoms with Gasteiger partial charge in [0, 0.05) is 22.3 Å². The number of nitrogens with zero attached hydrogens (tertiary/aromatic N) is 2. The number of hydrogen-bond donors (Lipinski definition) is 0. The molecule has 0 fully saturated rings. The van der Waals surface area contributed by atoms with Crippen molar-refractivity contribution in [2.24, 2.45) is 0 Å². The first kappa shape index (κ1) is 42.0. The van der Waals surface area contributed by atoms with E-state index in [-0.39, 0.29) is 16.5 Å². The van der Waals surface area contributed by atoms with E-state index in [2.05, 4.69) is 90.1 Å². The minimum atomic E-state index is 0. The second kappa shape index (κ2) is 26.3. The van der Waals surface area contributed by atoms with Gasteiger partial charge in [-0.3, -0.25) is 0 Å². The van der Waals surface area contributed by atoms with Gasteiger partial charge >= 0.3 is 16.5 Å². The van der Waals surface area contributed by atoms with Crippen molar-refractivity contribution >= 4 is 11.4 Å². The second-order valence-electron chi connectivity index (χ2n) is 11.8. The van der Waals surface area contributed by atoms with Crippen molar-refractivity contribution in [3.05, 3.63) is 101 Å². The number of benzene rings is 2. The van der Waals surface area contributed by atoms with Crippen molar-refractivity contribution in [3.63, 3.8) is 0 Å². The molecule has 1 aliphatic heterocycles. The molecule has 3 rings (SSSR count). The quantitative estimate of drug-likeness (QED) is 0.0709. The maximum atomic E-state index is 11.8. The summed E-state index contributed by atoms with van der Waals surface area (Å²) in [6.07, 6.45) is 19.7. The van der Waals surface area contributed by atoms with Gasteiger partial charge in [0.1, 0.15) is 0 Å². The van der Waals surface area contributed by atoms with Crippen LogP contribution in [0.5, 0.6) is 0 Å². The van der Waals surface area contributed by atoms with Crippen LogP contribution in [0.1, 0.15) is 160 Å². The normalized spacial score (nSPS) is 12.4. The number of unbranched alkanes of at least 4 members (excludes halogenated alkanes) is 7. The molecule has 0 N–H and O–H groups in total. The number of rotatable bonds is 17. The fourth-order valence-electron chi connectivity index (χ4n) is 5.53. The maximum Gasteiger partial charge on any atom is 2.00 e. The molecule has 2 aromatic carbocycles. The molecule has 1 aliphatic rings. The number of hydrogen-bond acceptors (Lipinski definition) is 0. The molecule has 0 radical (unpaired) electrons. The predicted molar refractivity (Wildman–Crippen MR) is 192 cm³/mol. The number of allylic oxidation sites excluding steroid dienone is 2. The monoisotopic (exact) mass is 642 g/mol. The van der Waals surface area contributed by atoms with Crippen LogP contribution in [0.2, 0.25) is 0 Å². The molecule has 0 atom stereocenters. The first-order chi connectivity index (χ1) is 21.0. The molecule has 248 valence electrons. The zero-order valence-corrected chi connectivity index (χ0v) is 30.3. The molecule has 0 aromatic heterocycles. The van der Waals surface area contributed by atoms with Gasteiger partial charge in [-0.1, -0.05) is 111 Å². The van der Waals surface area contributed by atoms with Gasteiger partial charge in [0.05, 0.1) is 0 Å². The van der Waals surface area contributed by atoms with Crippen molar-refractivity contribution in [3.8, 4) is 0 Å². The van der Waals surface area contributed by atoms with Gasteiger partial charge in [-0.2, -0.15) is 12.8 Å². The van der Waals surface area contributed by atoms with E-state index >= 15 is 0 Å². The summed E-state index contributed by atoms with van der Waals surface area (Å²) in [5, 5.41) is 0. The molecule has 1 heterocycles. The zero-order chi connectivity index (χ0) is 31.9. The molecule has 44 heavy (non-hydrogen) atoms. The van der Waals surface area contributed by atoms with Gasteiger partial charge in [-0.15, -0.1) is 0 Å². The van der Waals surface area contributed by atoms with Crippen LogP contribution in [0.25, 0.3) is 16.9 Å². The fourth-order valence-corrected chi connectivity index (χ4v) is 5.53. The van der Waals surface area contributed by atoms with E-state index in [1.807, 2.05) is 13.8 Å². The van der Waals surface area contributed by atoms with Crippen LogP contribution in [0.15, 0.2) is 59.7 Å². The van der Waals surface area contributed by atoms with E-state index in [9.17, 15) is 5.53 Å². The minimum Gasteiger partial charge on any atom is -0.493 e. The topological polar surface area (TPSA) is 25.3 Å². The average molecular weight is 644 g/mol. The summed E-state index contributed by atoms with van der Waals surface area (Å²) >= 11 is 0. The molecule has 0 spiro atoms. The summed E-state index contributed by atoms with van der Waals surface area (Å²) < 4.78 is 1.54. The van der Waals surface area contributed by atoms with Gasteiger partial charge in [0.25, 0.3) is 0 Å². The van der Waals surface area contributed by atoms with Crippen molar-refractivity contribution in [1.82, 2.24) is 0 Å². The molecule has 2 nitrogen and oxygen atoms in total. The van der Waals surface area contributed by atoms with Crippen molar-refractivity contribution in [1.29, 1.82) is 0 Å². The van der Waals surface area contributed by atoms with E-state index in [1.54, 1.807) is 4.70 Å². The molecule has 3 heteroatoms. The Hall–Kier alpha value is -1.99. The third-order valence-electron chi connectivity index (χ3n) is 7.74. The molecule has 0 amide bonds. The first-order valence-electron chi connectivity index (χ1n) is 17.7. The zero-order valence-electron chi connectivity index (χ0n) is 29.3. The predicted octanol–water partition coefficient (Wildman–Crippen LogP) is 13.6. The van der Waals surface area contributed by atoms with Gasteiger partial charge in [-0.05, 0) is 86.8 Å². The van der Waals surface area contributed by atoms with E-state index in [0.717, 1.165) is 80.3 Å². The number of aryl methyl sites for hydroxylation is 2. The minimum absolute atomic E-state index is 0. The summed E-state index contributed by atoms with van der Waals surface area (Å²) in [5.41, 5.74) is 21.6. The molecule has 0 saturated carbocycles. The Labute approximate surface area is 283 Å². The van der Waals surface area contributed by atoms with Crippen molar-refractivity contribution < 1.29 is 21.2 Å². The summed E-state index contributed by atoms with van der Waals surface area (Å²) in [6.45, 7) is 20.0. The smallest absolute Gasteiger partial charge is 0.493 e. The Balaban J connectivity index is 0.00000244. The van der Waals surface area contributed by atoms with Crippen LogP contribution < -0.4 is 0 Å². The average Bonchev–Trinajstić information content (AvgIpc) is 3.29. The summed E-state index contributed by atoms with van der Waals surface area (Å²) in [5.74, 6) is 0. The molecular weight excluding hydrogens is 579 g/mol. The van der Waals surface area contributed by atoms with E-state index in [4.69, 9.17) is 0 Å². The van der Waals surface area contributed by atoms with Gasteiger partial charge in [-0.25, -0.2) is 4.70 Å². The van der Waals surface area contributed by atoms with Crippen molar-refractivity contribution in [2.75, 3.05) is 0 Å². The van der Waals surface area contributed by atoms with E-state index in [0.29, 0.717) is 0 Å². The Kier molecular flexibility index (Phi) is 25.1. The summed E-state index contributed by atoms with van der Waals surface area (Å²) in [6, 6.07) is 17.9. The van der Waals surface area contributed by atoms with Crippen LogP contribution in [-0.4, -0.2) is 4.70 Å². The molecule has 0 aliphatic carbocycles. The van der Waals surface area contributed by atoms with Crippen LogP contribution in [0.4, 0.5) is 0 Å². The van der Waals surface area contributed by atoms with Crippen LogP contribution >= 0.6 is 0 Å². The largest absolute Gasteiger partial charge is 2.00 e. The maximum absolute atomic E-state index is 11.8. The van der Waals surface area contributed by atoms with Crippen LogP contribution in [0, 0.1) is 13.8 Å². The molecule has 0 saturated heterocycles. The van der Waals surface area contributed by atoms with Gasteiger partial charge in [0.15, 0.2) is 0 Å². The van der Waals surface area contributed by atoms with E-state index < -0.39 is 0 Å². The molecular formula is C41H64N2Ni. The first-order valence-corrected chi connectivity index (χ1v) is 17.7. The fraction of sp³-hybridized carbons (Fsp3) is 0.561. The third-order valence-corrected chi connectivity index (χ3v) is 7.74. The van der Waals surface area contributed by atoms with Crippen LogP contribution in [0.3, 0.4) is 0 Å². The van der Waals surface area contributed by atoms with Crippen LogP contribution in [-0.2, 0) is 29.3 Å². The van der Waals surface area contributed by atoms with Gasteiger partial charge < -0.3 is 19.4 Å². The van der Waals surface area contributed by atoms with Gasteiger partial charge in [0.2, 0.25) is 11.4 Å². The SMILES string of the molecule is CCCCCCc1ccc(C2=C(CCCCC)C(CCCC)=C(c3cccc(CCCC)c3)[N+]2=[N-])cc1.[CH2-]CC.[CH2-]CC.[Ni+2]. The second-order valence-corrected chi connectivity index (χ2v) is 11.8. The Morgan fingerprint density at radius 1 is 0.523 bits per heavy atom. The van der Waals surface area contributed by atoms with E-state index in [1.165, 1.54) is 73.6 Å². The third kappa shape index (κ3) is 14.4. The molecule has 2 aromatic rings. The standard InChI is InChI=1S/C35H50N2.2C3H7.Ni/c1-5-9-13-15-18-28-23-25-30(26-24-28)34-33(22-14-10-6-2)32(21-12-8-4)35(37(34)36)31-20-16-19-29(27-31)17-11-7-3;2*1-3-2;/h16,19-20,23-27H,5-15,17-18,21-22H2,1-4H3;2*1,3H2,2H3;/q;2*-1;+2. The summed E-state index contributed by atoms with van der Waals surface area (Å²) in [4.78, 5) is 0. The van der Waals surface area contributed by atoms with Crippen molar-refractivity contribution in [2.45, 2.75) is 151 Å². The molecule has 0 bridgehead atoms.